The Hall–Kier alpha value is -1.80. The quantitative estimate of drug-likeness (QED) is 0.532. The zero-order chi connectivity index (χ0) is 15.5. The molecule has 8 heteroatoms. The molecule has 1 heterocycles. The molecule has 1 aromatic rings. The number of hydrogen-bond donors (Lipinski definition) is 3. The van der Waals surface area contributed by atoms with Gasteiger partial charge in [-0.3, -0.25) is 5.41 Å². The van der Waals surface area contributed by atoms with Crippen molar-refractivity contribution in [2.45, 2.75) is 30.7 Å². The lowest BCUT2D eigenvalue weighted by molar-refractivity contribution is 0.171. The van der Waals surface area contributed by atoms with E-state index in [0.717, 1.165) is 0 Å². The van der Waals surface area contributed by atoms with Gasteiger partial charge in [-0.15, -0.1) is 0 Å². The predicted molar refractivity (Wildman–Crippen MR) is 78.4 cm³/mol. The van der Waals surface area contributed by atoms with Crippen LogP contribution < -0.4 is 19.9 Å². The molecule has 1 aliphatic rings. The van der Waals surface area contributed by atoms with Gasteiger partial charge in [0, 0.05) is 18.5 Å². The summed E-state index contributed by atoms with van der Waals surface area (Å²) in [5.74, 6) is 0.909. The molecule has 0 radical (unpaired) electrons. The van der Waals surface area contributed by atoms with Crippen molar-refractivity contribution in [1.29, 1.82) is 5.41 Å². The zero-order valence-corrected chi connectivity index (χ0v) is 12.6. The molecule has 1 unspecified atom stereocenters. The first-order chi connectivity index (χ1) is 9.92. The maximum Gasteiger partial charge on any atom is 0.240 e. The number of benzene rings is 1. The topological polar surface area (TPSA) is 114 Å². The summed E-state index contributed by atoms with van der Waals surface area (Å²) in [7, 11) is -3.69. The normalized spacial score (nSPS) is 15.5. The van der Waals surface area contributed by atoms with Gasteiger partial charge in [-0.05, 0) is 18.6 Å². The molecule has 0 spiro atoms. The number of nitrogens with one attached hydrogen (secondary N) is 2. The Morgan fingerprint density at radius 3 is 2.67 bits per heavy atom. The highest BCUT2D eigenvalue weighted by Gasteiger charge is 2.22. The zero-order valence-electron chi connectivity index (χ0n) is 11.8. The smallest absolute Gasteiger partial charge is 0.240 e. The van der Waals surface area contributed by atoms with Gasteiger partial charge >= 0.3 is 0 Å². The first-order valence-electron chi connectivity index (χ1n) is 6.67. The van der Waals surface area contributed by atoms with Crippen molar-refractivity contribution < 1.29 is 17.9 Å². The summed E-state index contributed by atoms with van der Waals surface area (Å²) in [5.41, 5.74) is 5.33. The Bertz CT molecular complexity index is 630. The third-order valence-electron chi connectivity index (χ3n) is 3.10. The molecule has 21 heavy (non-hydrogen) atoms. The number of amidine groups is 1. The second-order valence-electron chi connectivity index (χ2n) is 4.76. The highest BCUT2D eigenvalue weighted by Crippen LogP contribution is 2.32. The fourth-order valence-electron chi connectivity index (χ4n) is 2.01. The Morgan fingerprint density at radius 2 is 2.05 bits per heavy atom. The van der Waals surface area contributed by atoms with Crippen molar-refractivity contribution in [2.24, 2.45) is 5.73 Å². The van der Waals surface area contributed by atoms with E-state index in [1.165, 1.54) is 12.1 Å². The van der Waals surface area contributed by atoms with Crippen LogP contribution in [0.5, 0.6) is 11.5 Å². The van der Waals surface area contributed by atoms with Gasteiger partial charge in [0.2, 0.25) is 10.0 Å². The number of sulfonamides is 1. The van der Waals surface area contributed by atoms with Crippen LogP contribution in [0.4, 0.5) is 0 Å². The number of ether oxygens (including phenoxy) is 2. The average molecular weight is 313 g/mol. The molecule has 0 saturated heterocycles. The number of rotatable bonds is 6. The molecule has 1 atom stereocenters. The minimum absolute atomic E-state index is 0.0493. The van der Waals surface area contributed by atoms with Crippen molar-refractivity contribution in [2.75, 3.05) is 13.2 Å². The molecule has 1 aliphatic heterocycles. The molecule has 4 N–H and O–H groups in total. The lowest BCUT2D eigenvalue weighted by Crippen LogP contribution is -2.37. The van der Waals surface area contributed by atoms with Crippen LogP contribution in [-0.2, 0) is 10.0 Å². The molecular formula is C13H19N3O4S. The van der Waals surface area contributed by atoms with E-state index in [1.54, 1.807) is 6.07 Å². The molecule has 2 rings (SSSR count). The Morgan fingerprint density at radius 1 is 1.38 bits per heavy atom. The van der Waals surface area contributed by atoms with E-state index < -0.39 is 16.1 Å². The molecule has 116 valence electrons. The number of fused-ring (bicyclic) bond motifs is 1. The second kappa shape index (κ2) is 6.31. The Balaban J connectivity index is 2.20. The van der Waals surface area contributed by atoms with Gasteiger partial charge in [-0.25, -0.2) is 13.1 Å². The highest BCUT2D eigenvalue weighted by atomic mass is 32.2. The van der Waals surface area contributed by atoms with Crippen molar-refractivity contribution in [3.8, 4) is 11.5 Å². The lowest BCUT2D eigenvalue weighted by atomic mass is 10.1. The van der Waals surface area contributed by atoms with E-state index in [2.05, 4.69) is 4.72 Å². The van der Waals surface area contributed by atoms with Crippen LogP contribution in [0.3, 0.4) is 0 Å². The van der Waals surface area contributed by atoms with Crippen LogP contribution in [0.15, 0.2) is 23.1 Å². The largest absolute Gasteiger partial charge is 0.486 e. The number of hydrogen-bond acceptors (Lipinski definition) is 5. The molecule has 0 aromatic heterocycles. The summed E-state index contributed by atoms with van der Waals surface area (Å²) < 4.78 is 38.0. The van der Waals surface area contributed by atoms with Crippen LogP contribution in [0.2, 0.25) is 0 Å². The van der Waals surface area contributed by atoms with E-state index >= 15 is 0 Å². The third kappa shape index (κ3) is 3.85. The molecule has 0 aliphatic carbocycles. The summed E-state index contributed by atoms with van der Waals surface area (Å²) in [6, 6.07) is 4.09. The van der Waals surface area contributed by atoms with Gasteiger partial charge in [0.25, 0.3) is 0 Å². The summed E-state index contributed by atoms with van der Waals surface area (Å²) >= 11 is 0. The number of nitrogens with two attached hydrogens (primary N) is 1. The Kier molecular flexibility index (Phi) is 4.69. The first-order valence-corrected chi connectivity index (χ1v) is 8.15. The van der Waals surface area contributed by atoms with E-state index in [-0.39, 0.29) is 17.2 Å². The maximum atomic E-state index is 12.3. The van der Waals surface area contributed by atoms with Crippen molar-refractivity contribution in [3.05, 3.63) is 18.2 Å². The van der Waals surface area contributed by atoms with Gasteiger partial charge in [0.05, 0.1) is 10.7 Å². The van der Waals surface area contributed by atoms with Crippen LogP contribution in [-0.4, -0.2) is 33.5 Å². The molecule has 0 saturated carbocycles. The summed E-state index contributed by atoms with van der Waals surface area (Å²) in [6.07, 6.45) is 0.726. The van der Waals surface area contributed by atoms with Crippen LogP contribution in [0.25, 0.3) is 0 Å². The molecule has 0 amide bonds. The summed E-state index contributed by atoms with van der Waals surface area (Å²) in [5, 5.41) is 7.27. The fraction of sp³-hybridized carbons (Fsp3) is 0.462. The molecule has 0 bridgehead atoms. The van der Waals surface area contributed by atoms with Crippen molar-refractivity contribution >= 4 is 15.9 Å². The van der Waals surface area contributed by atoms with Crippen molar-refractivity contribution in [3.63, 3.8) is 0 Å². The fourth-order valence-corrected chi connectivity index (χ4v) is 3.35. The van der Waals surface area contributed by atoms with Crippen molar-refractivity contribution in [1.82, 2.24) is 4.72 Å². The second-order valence-corrected chi connectivity index (χ2v) is 6.48. The van der Waals surface area contributed by atoms with E-state index in [4.69, 9.17) is 20.6 Å². The van der Waals surface area contributed by atoms with Gasteiger partial charge < -0.3 is 15.2 Å². The van der Waals surface area contributed by atoms with Crippen LogP contribution in [0, 0.1) is 5.41 Å². The van der Waals surface area contributed by atoms with Crippen LogP contribution >= 0.6 is 0 Å². The molecule has 7 nitrogen and oxygen atoms in total. The SMILES string of the molecule is CCC(CC(=N)N)NS(=O)(=O)c1ccc2c(c1)OCCO2. The Labute approximate surface area is 124 Å². The first kappa shape index (κ1) is 15.6. The third-order valence-corrected chi connectivity index (χ3v) is 4.62. The molecular weight excluding hydrogens is 294 g/mol. The minimum atomic E-state index is -3.69. The highest BCUT2D eigenvalue weighted by molar-refractivity contribution is 7.89. The summed E-state index contributed by atoms with van der Waals surface area (Å²) in [6.45, 7) is 2.68. The molecule has 0 fully saturated rings. The lowest BCUT2D eigenvalue weighted by Gasteiger charge is -2.20. The van der Waals surface area contributed by atoms with Crippen LogP contribution in [0.1, 0.15) is 19.8 Å². The monoisotopic (exact) mass is 313 g/mol. The van der Waals surface area contributed by atoms with E-state index in [0.29, 0.717) is 31.1 Å². The van der Waals surface area contributed by atoms with Gasteiger partial charge in [-0.1, -0.05) is 6.92 Å². The molecule has 1 aromatic carbocycles. The van der Waals surface area contributed by atoms with Gasteiger partial charge in [0.15, 0.2) is 11.5 Å². The maximum absolute atomic E-state index is 12.3. The van der Waals surface area contributed by atoms with E-state index in [1.807, 2.05) is 6.92 Å². The summed E-state index contributed by atoms with van der Waals surface area (Å²) in [4.78, 5) is 0.105. The minimum Gasteiger partial charge on any atom is -0.486 e. The van der Waals surface area contributed by atoms with Gasteiger partial charge in [0.1, 0.15) is 13.2 Å². The average Bonchev–Trinajstić information content (AvgIpc) is 2.45. The standard InChI is InChI=1S/C13H19N3O4S/c1-2-9(7-13(14)15)16-21(17,18)10-3-4-11-12(8-10)20-6-5-19-11/h3-4,8-9,16H,2,5-7H2,1H3,(H3,14,15). The van der Waals surface area contributed by atoms with Gasteiger partial charge in [-0.2, -0.15) is 0 Å². The van der Waals surface area contributed by atoms with E-state index in [9.17, 15) is 8.42 Å². The predicted octanol–water partition coefficient (Wildman–Crippen LogP) is 0.841.